The topological polar surface area (TPSA) is 52.3 Å². The maximum absolute atomic E-state index is 11.5. The number of hydrogen-bond acceptors (Lipinski definition) is 3. The molecular weight excluding hydrogens is 125 g/mol. The van der Waals surface area contributed by atoms with Crippen molar-refractivity contribution in [1.29, 1.82) is 0 Å². The summed E-state index contributed by atoms with van der Waals surface area (Å²) in [4.78, 5) is 10.4. The molecular formula is C5H10FNO2. The van der Waals surface area contributed by atoms with Crippen molar-refractivity contribution in [3.8, 4) is 0 Å². The summed E-state index contributed by atoms with van der Waals surface area (Å²) < 4.78 is 15.7. The molecule has 1 atom stereocenters. The van der Waals surface area contributed by atoms with Crippen LogP contribution in [0.15, 0.2) is 0 Å². The summed E-state index contributed by atoms with van der Waals surface area (Å²) in [6.45, 7) is -0.587. The lowest BCUT2D eigenvalue weighted by Gasteiger charge is -2.04. The van der Waals surface area contributed by atoms with Crippen LogP contribution in [0.25, 0.3) is 0 Å². The molecule has 0 aliphatic rings. The molecule has 0 heterocycles. The summed E-state index contributed by atoms with van der Waals surface area (Å²) in [7, 11) is 1.22. The summed E-state index contributed by atoms with van der Waals surface area (Å²) in [5, 5.41) is 0. The Hall–Kier alpha value is -0.640. The van der Waals surface area contributed by atoms with Crippen LogP contribution in [-0.2, 0) is 9.53 Å². The predicted molar refractivity (Wildman–Crippen MR) is 30.6 cm³/mol. The summed E-state index contributed by atoms with van der Waals surface area (Å²) >= 11 is 0. The molecule has 2 N–H and O–H groups in total. The van der Waals surface area contributed by atoms with Crippen LogP contribution in [-0.4, -0.2) is 25.8 Å². The molecule has 0 saturated heterocycles. The fourth-order valence-electron chi connectivity index (χ4n) is 0.387. The molecule has 1 unspecified atom stereocenters. The van der Waals surface area contributed by atoms with Gasteiger partial charge in [0, 0.05) is 6.42 Å². The van der Waals surface area contributed by atoms with Crippen molar-refractivity contribution in [1.82, 2.24) is 0 Å². The van der Waals surface area contributed by atoms with Crippen molar-refractivity contribution in [2.24, 2.45) is 5.73 Å². The summed E-state index contributed by atoms with van der Waals surface area (Å²) in [5.41, 5.74) is 5.12. The molecule has 0 amide bonds. The van der Waals surface area contributed by atoms with Gasteiger partial charge in [0.2, 0.25) is 0 Å². The molecule has 0 aliphatic heterocycles. The first-order chi connectivity index (χ1) is 4.22. The number of halogens is 1. The van der Waals surface area contributed by atoms with Crippen LogP contribution < -0.4 is 5.73 Å². The Kier molecular flexibility index (Phi) is 3.96. The van der Waals surface area contributed by atoms with Crippen LogP contribution in [0.2, 0.25) is 0 Å². The van der Waals surface area contributed by atoms with E-state index in [0.29, 0.717) is 0 Å². The zero-order chi connectivity index (χ0) is 7.28. The van der Waals surface area contributed by atoms with Gasteiger partial charge in [0.25, 0.3) is 0 Å². The smallest absolute Gasteiger partial charge is 0.322 e. The third-order valence-electron chi connectivity index (χ3n) is 0.924. The van der Waals surface area contributed by atoms with E-state index >= 15 is 0 Å². The highest BCUT2D eigenvalue weighted by molar-refractivity contribution is 5.75. The largest absolute Gasteiger partial charge is 0.468 e. The number of carbonyl (C=O) groups is 1. The molecule has 0 aliphatic carbocycles. The lowest BCUT2D eigenvalue weighted by atomic mass is 10.2. The maximum atomic E-state index is 11.5. The normalized spacial score (nSPS) is 12.8. The van der Waals surface area contributed by atoms with Crippen LogP contribution in [0.3, 0.4) is 0 Å². The number of nitrogens with two attached hydrogens (primary N) is 1. The van der Waals surface area contributed by atoms with Gasteiger partial charge in [0.15, 0.2) is 0 Å². The van der Waals surface area contributed by atoms with E-state index in [4.69, 9.17) is 5.73 Å². The zero-order valence-corrected chi connectivity index (χ0v) is 5.26. The van der Waals surface area contributed by atoms with E-state index in [0.717, 1.165) is 0 Å². The minimum Gasteiger partial charge on any atom is -0.468 e. The first-order valence-corrected chi connectivity index (χ1v) is 2.61. The Morgan fingerprint density at radius 1 is 1.89 bits per heavy atom. The molecule has 54 valence electrons. The van der Waals surface area contributed by atoms with E-state index in [1.54, 1.807) is 0 Å². The van der Waals surface area contributed by atoms with E-state index in [1.165, 1.54) is 7.11 Å². The van der Waals surface area contributed by atoms with Crippen molar-refractivity contribution in [2.45, 2.75) is 12.5 Å². The van der Waals surface area contributed by atoms with Crippen molar-refractivity contribution in [3.63, 3.8) is 0 Å². The lowest BCUT2D eigenvalue weighted by molar-refractivity contribution is -0.142. The number of esters is 1. The third-order valence-corrected chi connectivity index (χ3v) is 0.924. The number of alkyl halides is 1. The van der Waals surface area contributed by atoms with Gasteiger partial charge < -0.3 is 10.5 Å². The number of rotatable bonds is 3. The monoisotopic (exact) mass is 135 g/mol. The quantitative estimate of drug-likeness (QED) is 0.547. The fraction of sp³-hybridized carbons (Fsp3) is 0.800. The molecule has 0 aromatic carbocycles. The van der Waals surface area contributed by atoms with Crippen LogP contribution in [0, 0.1) is 0 Å². The van der Waals surface area contributed by atoms with Gasteiger partial charge in [-0.2, -0.15) is 0 Å². The van der Waals surface area contributed by atoms with Gasteiger partial charge in [-0.25, -0.2) is 0 Å². The average molecular weight is 135 g/mol. The first-order valence-electron chi connectivity index (χ1n) is 2.61. The molecule has 3 nitrogen and oxygen atoms in total. The molecule has 0 saturated carbocycles. The Labute approximate surface area is 53.0 Å². The number of carbonyl (C=O) groups excluding carboxylic acids is 1. The van der Waals surface area contributed by atoms with Crippen molar-refractivity contribution >= 4 is 5.97 Å². The molecule has 0 rings (SSSR count). The highest BCUT2D eigenvalue weighted by Gasteiger charge is 2.11. The molecule has 0 radical (unpaired) electrons. The van der Waals surface area contributed by atoms with Gasteiger partial charge in [-0.15, -0.1) is 0 Å². The van der Waals surface area contributed by atoms with Crippen molar-refractivity contribution < 1.29 is 13.9 Å². The predicted octanol–water partition coefficient (Wildman–Crippen LogP) is -0.154. The zero-order valence-electron chi connectivity index (χ0n) is 5.26. The Morgan fingerprint density at radius 2 is 2.44 bits per heavy atom. The van der Waals surface area contributed by atoms with Gasteiger partial charge in [-0.05, 0) is 0 Å². The number of methoxy groups -OCH3 is 1. The molecule has 0 aromatic rings. The Balaban J connectivity index is 3.45. The van der Waals surface area contributed by atoms with Crippen molar-refractivity contribution in [3.05, 3.63) is 0 Å². The highest BCUT2D eigenvalue weighted by Crippen LogP contribution is 1.90. The summed E-state index contributed by atoms with van der Waals surface area (Å²) in [5.74, 6) is -0.562. The minimum atomic E-state index is -0.806. The fourth-order valence-corrected chi connectivity index (χ4v) is 0.387. The van der Waals surface area contributed by atoms with Gasteiger partial charge in [0.05, 0.1) is 13.8 Å². The third kappa shape index (κ3) is 3.03. The minimum absolute atomic E-state index is 0.0344. The SMILES string of the molecule is COC(=O)C(N)CCF. The molecule has 4 heteroatoms. The number of hydrogen-bond donors (Lipinski definition) is 1. The molecule has 0 aromatic heterocycles. The van der Waals surface area contributed by atoms with Gasteiger partial charge >= 0.3 is 5.97 Å². The molecule has 9 heavy (non-hydrogen) atoms. The van der Waals surface area contributed by atoms with E-state index < -0.39 is 18.7 Å². The second-order valence-corrected chi connectivity index (χ2v) is 1.61. The molecule has 0 spiro atoms. The van der Waals surface area contributed by atoms with Crippen LogP contribution in [0.1, 0.15) is 6.42 Å². The first kappa shape index (κ1) is 8.36. The summed E-state index contributed by atoms with van der Waals surface area (Å²) in [6.07, 6.45) is 0.0344. The van der Waals surface area contributed by atoms with Gasteiger partial charge in [-0.1, -0.05) is 0 Å². The van der Waals surface area contributed by atoms with E-state index in [-0.39, 0.29) is 6.42 Å². The van der Waals surface area contributed by atoms with E-state index in [2.05, 4.69) is 4.74 Å². The van der Waals surface area contributed by atoms with E-state index in [1.807, 2.05) is 0 Å². The Morgan fingerprint density at radius 3 is 2.78 bits per heavy atom. The average Bonchev–Trinajstić information content (AvgIpc) is 1.87. The lowest BCUT2D eigenvalue weighted by Crippen LogP contribution is -2.31. The van der Waals surface area contributed by atoms with E-state index in [9.17, 15) is 9.18 Å². The molecule has 0 fully saturated rings. The van der Waals surface area contributed by atoms with Crippen molar-refractivity contribution in [2.75, 3.05) is 13.8 Å². The van der Waals surface area contributed by atoms with Gasteiger partial charge in [0.1, 0.15) is 6.04 Å². The second kappa shape index (κ2) is 4.26. The molecule has 0 bridgehead atoms. The van der Waals surface area contributed by atoms with Crippen LogP contribution >= 0.6 is 0 Å². The number of ether oxygens (including phenoxy) is 1. The van der Waals surface area contributed by atoms with Crippen LogP contribution in [0.4, 0.5) is 4.39 Å². The highest BCUT2D eigenvalue weighted by atomic mass is 19.1. The van der Waals surface area contributed by atoms with Crippen LogP contribution in [0.5, 0.6) is 0 Å². The Bertz CT molecular complexity index is 97.0. The second-order valence-electron chi connectivity index (χ2n) is 1.61. The maximum Gasteiger partial charge on any atom is 0.322 e. The van der Waals surface area contributed by atoms with Gasteiger partial charge in [-0.3, -0.25) is 9.18 Å². The standard InChI is InChI=1S/C5H10FNO2/c1-9-5(8)4(7)2-3-6/h4H,2-3,7H2,1H3. The summed E-state index contributed by atoms with van der Waals surface area (Å²) in [6, 6.07) is -0.806.